The van der Waals surface area contributed by atoms with Crippen molar-refractivity contribution in [1.29, 1.82) is 0 Å². The Morgan fingerprint density at radius 3 is 2.11 bits per heavy atom. The molecular weight excluding hydrogens is 151 g/mol. The Labute approximate surface area is 77.2 Å². The van der Waals surface area contributed by atoms with Crippen LogP contribution in [-0.4, -0.2) is 48.3 Å². The Morgan fingerprint density at radius 2 is 2.00 bits per heavy atom. The Balaban J connectivity index is 0. The van der Waals surface area contributed by atoms with Crippen molar-refractivity contribution in [3.05, 3.63) is 12.2 Å². The fourth-order valence-corrected chi connectivity index (χ4v) is 0.653. The van der Waals surface area contributed by atoms with Crippen LogP contribution in [0, 0.1) is 0 Å². The molecule has 50 valence electrons. The fourth-order valence-electron chi connectivity index (χ4n) is 0.218. The van der Waals surface area contributed by atoms with Crippen LogP contribution >= 0.6 is 0 Å². The zero-order chi connectivity index (χ0) is 6.62. The van der Waals surface area contributed by atoms with Crippen molar-refractivity contribution in [3.8, 4) is 0 Å². The zero-order valence-corrected chi connectivity index (χ0v) is 5.35. The molecule has 0 aliphatic rings. The first kappa shape index (κ1) is 12.3. The molecule has 9 heavy (non-hydrogen) atoms. The van der Waals surface area contributed by atoms with Crippen LogP contribution in [-0.2, 0) is 10.1 Å². The van der Waals surface area contributed by atoms with Gasteiger partial charge in [-0.2, -0.15) is 8.42 Å². The summed E-state index contributed by atoms with van der Waals surface area (Å²) >= 11 is 0. The molecule has 0 saturated carbocycles. The van der Waals surface area contributed by atoms with Crippen LogP contribution in [0.3, 0.4) is 0 Å². The van der Waals surface area contributed by atoms with Gasteiger partial charge >= 0.3 is 29.6 Å². The molecule has 0 aromatic heterocycles. The Kier molecular flexibility index (Phi) is 7.45. The average molecular weight is 160 g/mol. The predicted octanol–water partition coefficient (Wildman–Crippen LogP) is -0.198. The van der Waals surface area contributed by atoms with Crippen LogP contribution in [0.5, 0.6) is 0 Å². The number of allylic oxidation sites excluding steroid dienone is 1. The average Bonchev–Trinajstić information content (AvgIpc) is 1.59. The molecule has 0 aromatic carbocycles. The van der Waals surface area contributed by atoms with Crippen LogP contribution in [0.15, 0.2) is 12.2 Å². The molecule has 0 amide bonds. The van der Waals surface area contributed by atoms with E-state index in [1.807, 2.05) is 0 Å². The maximum atomic E-state index is 9.89. The Morgan fingerprint density at radius 1 is 1.56 bits per heavy atom. The third-order valence-electron chi connectivity index (χ3n) is 0.543. The Bertz CT molecular complexity index is 170. The summed E-state index contributed by atoms with van der Waals surface area (Å²) in [6.07, 6.45) is 2.93. The molecule has 0 aliphatic heterocycles. The predicted molar refractivity (Wildman–Crippen MR) is 38.4 cm³/mol. The van der Waals surface area contributed by atoms with Gasteiger partial charge < -0.3 is 0 Å². The maximum absolute atomic E-state index is 9.89. The quantitative estimate of drug-likeness (QED) is 0.346. The first-order valence-electron chi connectivity index (χ1n) is 2.12. The van der Waals surface area contributed by atoms with Crippen molar-refractivity contribution in [1.82, 2.24) is 0 Å². The van der Waals surface area contributed by atoms with Crippen LogP contribution in [0.4, 0.5) is 0 Å². The van der Waals surface area contributed by atoms with Gasteiger partial charge in [0.1, 0.15) is 0 Å². The number of rotatable bonds is 2. The Hall–Kier alpha value is 0.650. The second-order valence-electron chi connectivity index (χ2n) is 1.32. The molecule has 0 spiro atoms. The molecule has 1 N–H and O–H groups in total. The van der Waals surface area contributed by atoms with E-state index in [9.17, 15) is 8.42 Å². The van der Waals surface area contributed by atoms with Gasteiger partial charge in [0.05, 0.1) is 5.75 Å². The van der Waals surface area contributed by atoms with Crippen LogP contribution < -0.4 is 0 Å². The normalized spacial score (nSPS) is 11.3. The van der Waals surface area contributed by atoms with Crippen molar-refractivity contribution >= 4 is 39.7 Å². The topological polar surface area (TPSA) is 54.4 Å². The summed E-state index contributed by atoms with van der Waals surface area (Å²) in [5.41, 5.74) is 0. The van der Waals surface area contributed by atoms with E-state index in [4.69, 9.17) is 4.55 Å². The molecule has 0 aromatic rings. The molecule has 0 heterocycles. The van der Waals surface area contributed by atoms with Gasteiger partial charge in [-0.3, -0.25) is 4.55 Å². The van der Waals surface area contributed by atoms with Gasteiger partial charge in [0.2, 0.25) is 0 Å². The molecular formula is C4H9NaO3S. The molecule has 0 atom stereocenters. The van der Waals surface area contributed by atoms with Crippen molar-refractivity contribution in [3.63, 3.8) is 0 Å². The molecule has 0 bridgehead atoms. The summed E-state index contributed by atoms with van der Waals surface area (Å²) in [5, 5.41) is 0. The van der Waals surface area contributed by atoms with Crippen molar-refractivity contribution in [2.24, 2.45) is 0 Å². The monoisotopic (exact) mass is 160 g/mol. The SMILES string of the molecule is CC=CCS(=O)(=O)O.[NaH]. The van der Waals surface area contributed by atoms with E-state index in [2.05, 4.69) is 0 Å². The van der Waals surface area contributed by atoms with E-state index in [0.717, 1.165) is 0 Å². The van der Waals surface area contributed by atoms with Gasteiger partial charge in [0, 0.05) is 0 Å². The van der Waals surface area contributed by atoms with E-state index < -0.39 is 10.1 Å². The first-order valence-corrected chi connectivity index (χ1v) is 3.73. The summed E-state index contributed by atoms with van der Waals surface area (Å²) in [6, 6.07) is 0. The minimum atomic E-state index is -3.77. The third kappa shape index (κ3) is 12.0. The summed E-state index contributed by atoms with van der Waals surface area (Å²) in [5.74, 6) is -0.288. The minimum absolute atomic E-state index is 0. The molecule has 5 heteroatoms. The summed E-state index contributed by atoms with van der Waals surface area (Å²) in [4.78, 5) is 0. The van der Waals surface area contributed by atoms with Crippen LogP contribution in [0.25, 0.3) is 0 Å². The van der Waals surface area contributed by atoms with Gasteiger partial charge in [0.25, 0.3) is 10.1 Å². The van der Waals surface area contributed by atoms with Gasteiger partial charge in [-0.25, -0.2) is 0 Å². The molecule has 0 rings (SSSR count). The van der Waals surface area contributed by atoms with Crippen LogP contribution in [0.1, 0.15) is 6.92 Å². The molecule has 0 radical (unpaired) electrons. The van der Waals surface area contributed by atoms with Crippen molar-refractivity contribution < 1.29 is 13.0 Å². The van der Waals surface area contributed by atoms with Gasteiger partial charge in [-0.1, -0.05) is 12.2 Å². The first-order chi connectivity index (χ1) is 3.56. The van der Waals surface area contributed by atoms with E-state index in [-0.39, 0.29) is 35.3 Å². The van der Waals surface area contributed by atoms with Gasteiger partial charge in [0.15, 0.2) is 0 Å². The van der Waals surface area contributed by atoms with E-state index in [1.165, 1.54) is 6.08 Å². The van der Waals surface area contributed by atoms with E-state index >= 15 is 0 Å². The van der Waals surface area contributed by atoms with Gasteiger partial charge in [-0.15, -0.1) is 0 Å². The zero-order valence-electron chi connectivity index (χ0n) is 4.53. The molecule has 3 nitrogen and oxygen atoms in total. The molecule has 0 saturated heterocycles. The van der Waals surface area contributed by atoms with Crippen LogP contribution in [0.2, 0.25) is 0 Å². The van der Waals surface area contributed by atoms with E-state index in [1.54, 1.807) is 13.0 Å². The standard InChI is InChI=1S/C4H8O3S.Na.H/c1-2-3-4-8(5,6)7;;/h2-3H,4H2,1H3,(H,5,6,7);;. The van der Waals surface area contributed by atoms with E-state index in [0.29, 0.717) is 0 Å². The number of hydrogen-bond acceptors (Lipinski definition) is 2. The summed E-state index contributed by atoms with van der Waals surface area (Å²) in [6.45, 7) is 1.69. The second-order valence-corrected chi connectivity index (χ2v) is 2.81. The summed E-state index contributed by atoms with van der Waals surface area (Å²) in [7, 11) is -3.77. The third-order valence-corrected chi connectivity index (χ3v) is 1.16. The molecule has 0 fully saturated rings. The van der Waals surface area contributed by atoms with Crippen molar-refractivity contribution in [2.45, 2.75) is 6.92 Å². The summed E-state index contributed by atoms with van der Waals surface area (Å²) < 4.78 is 27.9. The van der Waals surface area contributed by atoms with Crippen molar-refractivity contribution in [2.75, 3.05) is 5.75 Å². The molecule has 0 unspecified atom stereocenters. The molecule has 0 aliphatic carbocycles. The second kappa shape index (κ2) is 5.44. The number of hydrogen-bond donors (Lipinski definition) is 1. The van der Waals surface area contributed by atoms with Gasteiger partial charge in [-0.05, 0) is 6.92 Å². The fraction of sp³-hybridized carbons (Fsp3) is 0.500.